The van der Waals surface area contributed by atoms with Crippen LogP contribution in [0.2, 0.25) is 0 Å². The first kappa shape index (κ1) is 11.8. The molecule has 2 rings (SSSR count). The van der Waals surface area contributed by atoms with Gasteiger partial charge >= 0.3 is 0 Å². The number of nitrogens with zero attached hydrogens (tertiary/aromatic N) is 2. The number of ether oxygens (including phenoxy) is 1. The van der Waals surface area contributed by atoms with Crippen LogP contribution in [-0.4, -0.2) is 30.5 Å². The molecule has 0 saturated carbocycles. The van der Waals surface area contributed by atoms with Gasteiger partial charge in [0.25, 0.3) is 0 Å². The van der Waals surface area contributed by atoms with Crippen LogP contribution < -0.4 is 5.32 Å². The minimum Gasteiger partial charge on any atom is -0.383 e. The van der Waals surface area contributed by atoms with E-state index in [2.05, 4.69) is 10.4 Å². The molecule has 90 valence electrons. The summed E-state index contributed by atoms with van der Waals surface area (Å²) in [6.45, 7) is 0.613. The van der Waals surface area contributed by atoms with Gasteiger partial charge < -0.3 is 10.1 Å². The van der Waals surface area contributed by atoms with Crippen molar-refractivity contribution in [3.05, 3.63) is 48.3 Å². The first-order chi connectivity index (χ1) is 8.35. The van der Waals surface area contributed by atoms with Crippen LogP contribution in [0, 0.1) is 0 Å². The van der Waals surface area contributed by atoms with Crippen LogP contribution in [0.3, 0.4) is 0 Å². The van der Waals surface area contributed by atoms with Gasteiger partial charge in [0.05, 0.1) is 24.0 Å². The van der Waals surface area contributed by atoms with E-state index in [9.17, 15) is 0 Å². The van der Waals surface area contributed by atoms with Crippen LogP contribution in [0.5, 0.6) is 0 Å². The molecule has 1 N–H and O–H groups in total. The Morgan fingerprint density at radius 1 is 1.29 bits per heavy atom. The molecule has 1 heterocycles. The molecule has 0 spiro atoms. The number of hydrogen-bond donors (Lipinski definition) is 1. The summed E-state index contributed by atoms with van der Waals surface area (Å²) in [5.74, 6) is 0. The number of benzene rings is 1. The fourth-order valence-corrected chi connectivity index (χ4v) is 1.73. The Morgan fingerprint density at radius 2 is 2.06 bits per heavy atom. The van der Waals surface area contributed by atoms with E-state index in [0.717, 1.165) is 11.4 Å². The molecule has 1 atom stereocenters. The number of hydrogen-bond acceptors (Lipinski definition) is 3. The second kappa shape index (κ2) is 5.61. The molecule has 0 amide bonds. The second-order valence-electron chi connectivity index (χ2n) is 3.82. The predicted octanol–water partition coefficient (Wildman–Crippen LogP) is 1.78. The molecule has 2 aromatic rings. The highest BCUT2D eigenvalue weighted by molar-refractivity contribution is 5.30. The summed E-state index contributed by atoms with van der Waals surface area (Å²) in [5.41, 5.74) is 2.05. The average Bonchev–Trinajstić information content (AvgIpc) is 2.86. The Hall–Kier alpha value is -1.65. The molecule has 17 heavy (non-hydrogen) atoms. The molecule has 4 nitrogen and oxygen atoms in total. The zero-order chi connectivity index (χ0) is 12.1. The van der Waals surface area contributed by atoms with Gasteiger partial charge in [-0.3, -0.25) is 0 Å². The van der Waals surface area contributed by atoms with Gasteiger partial charge in [-0.2, -0.15) is 5.10 Å². The van der Waals surface area contributed by atoms with Gasteiger partial charge in [-0.25, -0.2) is 4.68 Å². The molecule has 0 aliphatic heterocycles. The molecule has 0 aliphatic carbocycles. The summed E-state index contributed by atoms with van der Waals surface area (Å²) in [4.78, 5) is 0. The van der Waals surface area contributed by atoms with Gasteiger partial charge in [0.15, 0.2) is 0 Å². The maximum Gasteiger partial charge on any atom is 0.0821 e. The highest BCUT2D eigenvalue weighted by Crippen LogP contribution is 2.13. The van der Waals surface area contributed by atoms with Crippen molar-refractivity contribution in [1.82, 2.24) is 15.1 Å². The number of likely N-dealkylation sites (N-methyl/N-ethyl adjacent to an activating group) is 1. The van der Waals surface area contributed by atoms with E-state index in [0.29, 0.717) is 6.61 Å². The summed E-state index contributed by atoms with van der Waals surface area (Å²) in [6.07, 6.45) is 1.96. The standard InChI is InChI=1S/C13H17N3O/c1-14-13(10-17-2)12-8-9-16(15-12)11-6-4-3-5-7-11/h3-9,13-14H,10H2,1-2H3. The largest absolute Gasteiger partial charge is 0.383 e. The Labute approximate surface area is 101 Å². The molecule has 0 saturated heterocycles. The van der Waals surface area contributed by atoms with E-state index in [-0.39, 0.29) is 6.04 Å². The van der Waals surface area contributed by atoms with Crippen LogP contribution in [0.25, 0.3) is 5.69 Å². The maximum atomic E-state index is 5.15. The van der Waals surface area contributed by atoms with Crippen LogP contribution >= 0.6 is 0 Å². The summed E-state index contributed by atoms with van der Waals surface area (Å²) in [5, 5.41) is 7.73. The fraction of sp³-hybridized carbons (Fsp3) is 0.308. The van der Waals surface area contributed by atoms with Crippen LogP contribution in [-0.2, 0) is 4.74 Å². The molecule has 0 radical (unpaired) electrons. The number of methoxy groups -OCH3 is 1. The van der Waals surface area contributed by atoms with Gasteiger partial charge in [0.1, 0.15) is 0 Å². The lowest BCUT2D eigenvalue weighted by Gasteiger charge is -2.11. The van der Waals surface area contributed by atoms with E-state index < -0.39 is 0 Å². The quantitative estimate of drug-likeness (QED) is 0.852. The van der Waals surface area contributed by atoms with E-state index >= 15 is 0 Å². The van der Waals surface area contributed by atoms with Gasteiger partial charge in [0.2, 0.25) is 0 Å². The Bertz CT molecular complexity index is 453. The van der Waals surface area contributed by atoms with Crippen molar-refractivity contribution in [2.24, 2.45) is 0 Å². The molecular formula is C13H17N3O. The van der Waals surface area contributed by atoms with E-state index in [1.54, 1.807) is 7.11 Å². The van der Waals surface area contributed by atoms with Crippen molar-refractivity contribution in [3.63, 3.8) is 0 Å². The summed E-state index contributed by atoms with van der Waals surface area (Å²) in [7, 11) is 3.60. The summed E-state index contributed by atoms with van der Waals surface area (Å²) < 4.78 is 7.02. The first-order valence-corrected chi connectivity index (χ1v) is 5.62. The first-order valence-electron chi connectivity index (χ1n) is 5.62. The van der Waals surface area contributed by atoms with Crippen molar-refractivity contribution >= 4 is 0 Å². The Kier molecular flexibility index (Phi) is 3.90. The van der Waals surface area contributed by atoms with Gasteiger partial charge in [-0.1, -0.05) is 18.2 Å². The van der Waals surface area contributed by atoms with E-state index in [1.807, 2.05) is 54.3 Å². The maximum absolute atomic E-state index is 5.15. The van der Waals surface area contributed by atoms with Crippen molar-refractivity contribution in [3.8, 4) is 5.69 Å². The zero-order valence-electron chi connectivity index (χ0n) is 10.1. The lowest BCUT2D eigenvalue weighted by molar-refractivity contribution is 0.168. The third kappa shape index (κ3) is 2.72. The molecule has 1 aromatic heterocycles. The summed E-state index contributed by atoms with van der Waals surface area (Å²) >= 11 is 0. The number of nitrogens with one attached hydrogen (secondary N) is 1. The zero-order valence-corrected chi connectivity index (χ0v) is 10.1. The fourth-order valence-electron chi connectivity index (χ4n) is 1.73. The third-order valence-electron chi connectivity index (χ3n) is 2.67. The van der Waals surface area contributed by atoms with Crippen LogP contribution in [0.4, 0.5) is 0 Å². The van der Waals surface area contributed by atoms with Crippen molar-refractivity contribution in [2.75, 3.05) is 20.8 Å². The topological polar surface area (TPSA) is 39.1 Å². The Morgan fingerprint density at radius 3 is 2.71 bits per heavy atom. The third-order valence-corrected chi connectivity index (χ3v) is 2.67. The molecule has 0 fully saturated rings. The average molecular weight is 231 g/mol. The SMILES string of the molecule is CNC(COC)c1ccn(-c2ccccc2)n1. The van der Waals surface area contributed by atoms with Gasteiger partial charge in [-0.05, 0) is 25.2 Å². The summed E-state index contributed by atoms with van der Waals surface area (Å²) in [6, 6.07) is 12.2. The Balaban J connectivity index is 2.21. The second-order valence-corrected chi connectivity index (χ2v) is 3.82. The highest BCUT2D eigenvalue weighted by atomic mass is 16.5. The number of rotatable bonds is 5. The molecule has 4 heteroatoms. The van der Waals surface area contributed by atoms with Crippen molar-refractivity contribution < 1.29 is 4.74 Å². The minimum absolute atomic E-state index is 0.130. The molecular weight excluding hydrogens is 214 g/mol. The minimum atomic E-state index is 0.130. The van der Waals surface area contributed by atoms with Gasteiger partial charge in [-0.15, -0.1) is 0 Å². The lowest BCUT2D eigenvalue weighted by atomic mass is 10.2. The molecule has 0 aliphatic rings. The monoisotopic (exact) mass is 231 g/mol. The van der Waals surface area contributed by atoms with Crippen molar-refractivity contribution in [2.45, 2.75) is 6.04 Å². The highest BCUT2D eigenvalue weighted by Gasteiger charge is 2.12. The normalized spacial score (nSPS) is 12.6. The van der Waals surface area contributed by atoms with Crippen LogP contribution in [0.15, 0.2) is 42.6 Å². The smallest absolute Gasteiger partial charge is 0.0821 e. The number of para-hydroxylation sites is 1. The molecule has 0 bridgehead atoms. The molecule has 1 aromatic carbocycles. The lowest BCUT2D eigenvalue weighted by Crippen LogP contribution is -2.21. The molecule has 1 unspecified atom stereocenters. The van der Waals surface area contributed by atoms with E-state index in [1.165, 1.54) is 0 Å². The van der Waals surface area contributed by atoms with E-state index in [4.69, 9.17) is 4.74 Å². The predicted molar refractivity (Wildman–Crippen MR) is 67.2 cm³/mol. The van der Waals surface area contributed by atoms with Gasteiger partial charge in [0, 0.05) is 13.3 Å². The van der Waals surface area contributed by atoms with Crippen molar-refractivity contribution in [1.29, 1.82) is 0 Å². The van der Waals surface area contributed by atoms with Crippen LogP contribution in [0.1, 0.15) is 11.7 Å². The number of aromatic nitrogens is 2.